The average molecular weight is 277 g/mol. The second-order valence-electron chi connectivity index (χ2n) is 5.52. The summed E-state index contributed by atoms with van der Waals surface area (Å²) in [6, 6.07) is 9.56. The lowest BCUT2D eigenvalue weighted by molar-refractivity contribution is 0.515. The first-order chi connectivity index (χ1) is 9.26. The van der Waals surface area contributed by atoms with Crippen LogP contribution >= 0.6 is 11.8 Å². The van der Waals surface area contributed by atoms with Gasteiger partial charge in [0.2, 0.25) is 0 Å². The van der Waals surface area contributed by atoms with Gasteiger partial charge in [0.25, 0.3) is 0 Å². The van der Waals surface area contributed by atoms with Gasteiger partial charge in [-0.15, -0.1) is 0 Å². The van der Waals surface area contributed by atoms with Crippen molar-refractivity contribution in [3.8, 4) is 0 Å². The molecule has 0 saturated heterocycles. The summed E-state index contributed by atoms with van der Waals surface area (Å²) < 4.78 is 0. The highest BCUT2D eigenvalue weighted by Crippen LogP contribution is 2.38. The van der Waals surface area contributed by atoms with Crippen LogP contribution in [0.4, 0.5) is 0 Å². The zero-order chi connectivity index (χ0) is 13.7. The minimum absolute atomic E-state index is 0.530. The van der Waals surface area contributed by atoms with E-state index in [0.717, 1.165) is 17.0 Å². The van der Waals surface area contributed by atoms with Gasteiger partial charge in [0.05, 0.1) is 0 Å². The summed E-state index contributed by atoms with van der Waals surface area (Å²) in [6.45, 7) is 7.93. The molecule has 1 nitrogen and oxygen atoms in total. The molecule has 1 aliphatic rings. The number of aryl methyl sites for hydroxylation is 1. The Kier molecular flexibility index (Phi) is 5.77. The van der Waals surface area contributed by atoms with E-state index in [1.165, 1.54) is 25.7 Å². The Balaban J connectivity index is 2.24. The van der Waals surface area contributed by atoms with Gasteiger partial charge >= 0.3 is 0 Å². The number of hydrogen-bond donors (Lipinski definition) is 1. The van der Waals surface area contributed by atoms with Crippen molar-refractivity contribution in [1.29, 1.82) is 0 Å². The molecule has 1 aromatic carbocycles. The maximum atomic E-state index is 3.74. The van der Waals surface area contributed by atoms with Crippen LogP contribution in [0.1, 0.15) is 57.2 Å². The molecule has 0 fully saturated rings. The fourth-order valence-corrected chi connectivity index (χ4v) is 4.42. The third-order valence-electron chi connectivity index (χ3n) is 4.10. The van der Waals surface area contributed by atoms with Crippen molar-refractivity contribution < 1.29 is 0 Å². The van der Waals surface area contributed by atoms with Crippen LogP contribution in [0.15, 0.2) is 24.3 Å². The number of nitrogens with one attached hydrogen (secondary N) is 1. The van der Waals surface area contributed by atoms with Gasteiger partial charge in [-0.05, 0) is 43.4 Å². The van der Waals surface area contributed by atoms with Gasteiger partial charge in [-0.3, -0.25) is 0 Å². The third kappa shape index (κ3) is 3.76. The molecule has 1 N–H and O–H groups in total. The molecule has 0 aliphatic heterocycles. The highest BCUT2D eigenvalue weighted by Gasteiger charge is 2.28. The second kappa shape index (κ2) is 7.35. The van der Waals surface area contributed by atoms with Gasteiger partial charge in [-0.2, -0.15) is 11.8 Å². The van der Waals surface area contributed by atoms with E-state index in [0.29, 0.717) is 6.04 Å². The molecule has 0 spiro atoms. The number of rotatable bonds is 5. The van der Waals surface area contributed by atoms with Gasteiger partial charge < -0.3 is 5.32 Å². The number of benzene rings is 1. The van der Waals surface area contributed by atoms with Crippen molar-refractivity contribution in [3.63, 3.8) is 0 Å². The summed E-state index contributed by atoms with van der Waals surface area (Å²) >= 11 is 2.18. The highest BCUT2D eigenvalue weighted by molar-refractivity contribution is 8.00. The summed E-state index contributed by atoms with van der Waals surface area (Å²) in [5, 5.41) is 5.22. The molecule has 2 rings (SSSR count). The van der Waals surface area contributed by atoms with E-state index in [-0.39, 0.29) is 0 Å². The zero-order valence-electron chi connectivity index (χ0n) is 12.5. The van der Waals surface area contributed by atoms with E-state index in [1.807, 2.05) is 0 Å². The van der Waals surface area contributed by atoms with Crippen molar-refractivity contribution in [2.45, 2.75) is 63.0 Å². The van der Waals surface area contributed by atoms with Gasteiger partial charge in [0.1, 0.15) is 0 Å². The van der Waals surface area contributed by atoms with Crippen LogP contribution in [-0.2, 0) is 6.42 Å². The first kappa shape index (κ1) is 14.9. The molecular formula is C17H27NS. The van der Waals surface area contributed by atoms with Crippen molar-refractivity contribution in [3.05, 3.63) is 35.4 Å². The van der Waals surface area contributed by atoms with E-state index in [1.54, 1.807) is 11.1 Å². The predicted octanol–water partition coefficient (Wildman–Crippen LogP) is 4.57. The van der Waals surface area contributed by atoms with Gasteiger partial charge in [-0.25, -0.2) is 0 Å². The molecule has 0 bridgehead atoms. The monoisotopic (exact) mass is 277 g/mol. The molecule has 3 unspecified atom stereocenters. The molecule has 19 heavy (non-hydrogen) atoms. The maximum Gasteiger partial charge on any atom is 0.0443 e. The highest BCUT2D eigenvalue weighted by atomic mass is 32.2. The maximum absolute atomic E-state index is 3.74. The first-order valence-corrected chi connectivity index (χ1v) is 8.67. The first-order valence-electron chi connectivity index (χ1n) is 7.72. The Morgan fingerprint density at radius 3 is 2.84 bits per heavy atom. The Labute approximate surface area is 122 Å². The van der Waals surface area contributed by atoms with Gasteiger partial charge in [0, 0.05) is 16.5 Å². The predicted molar refractivity (Wildman–Crippen MR) is 86.9 cm³/mol. The van der Waals surface area contributed by atoms with Crippen LogP contribution < -0.4 is 5.32 Å². The molecule has 1 aliphatic carbocycles. The van der Waals surface area contributed by atoms with E-state index in [2.05, 4.69) is 62.1 Å². The number of hydrogen-bond acceptors (Lipinski definition) is 2. The number of fused-ring (bicyclic) bond motifs is 1. The van der Waals surface area contributed by atoms with Crippen LogP contribution in [0.5, 0.6) is 0 Å². The molecule has 0 aromatic heterocycles. The summed E-state index contributed by atoms with van der Waals surface area (Å²) in [6.07, 6.45) is 5.17. The van der Waals surface area contributed by atoms with Crippen LogP contribution in [-0.4, -0.2) is 17.0 Å². The Hall–Kier alpha value is -0.470. The zero-order valence-corrected chi connectivity index (χ0v) is 13.3. The van der Waals surface area contributed by atoms with Crippen LogP contribution in [0.25, 0.3) is 0 Å². The Bertz CT molecular complexity index is 391. The van der Waals surface area contributed by atoms with Crippen LogP contribution in [0, 0.1) is 0 Å². The van der Waals surface area contributed by atoms with Gasteiger partial charge in [0.15, 0.2) is 0 Å². The van der Waals surface area contributed by atoms with Crippen molar-refractivity contribution in [2.24, 2.45) is 0 Å². The summed E-state index contributed by atoms with van der Waals surface area (Å²) in [4.78, 5) is 0. The van der Waals surface area contributed by atoms with E-state index >= 15 is 0 Å². The van der Waals surface area contributed by atoms with Gasteiger partial charge in [-0.1, -0.05) is 45.0 Å². The van der Waals surface area contributed by atoms with Crippen molar-refractivity contribution in [2.75, 3.05) is 6.54 Å². The lowest BCUT2D eigenvalue weighted by Crippen LogP contribution is -2.30. The van der Waals surface area contributed by atoms with Crippen LogP contribution in [0.2, 0.25) is 0 Å². The van der Waals surface area contributed by atoms with Crippen LogP contribution in [0.3, 0.4) is 0 Å². The van der Waals surface area contributed by atoms with E-state index in [9.17, 15) is 0 Å². The van der Waals surface area contributed by atoms with Crippen molar-refractivity contribution in [1.82, 2.24) is 5.32 Å². The topological polar surface area (TPSA) is 12.0 Å². The molecule has 2 heteroatoms. The Morgan fingerprint density at radius 1 is 1.32 bits per heavy atom. The quantitative estimate of drug-likeness (QED) is 0.791. The van der Waals surface area contributed by atoms with E-state index < -0.39 is 0 Å². The summed E-state index contributed by atoms with van der Waals surface area (Å²) in [5.74, 6) is 0. The SMILES string of the molecule is CCNC1c2ccccc2CCCC1SC(C)CC. The minimum atomic E-state index is 0.530. The molecule has 106 valence electrons. The lowest BCUT2D eigenvalue weighted by atomic mass is 9.99. The largest absolute Gasteiger partial charge is 0.309 e. The smallest absolute Gasteiger partial charge is 0.0443 e. The standard InChI is InChI=1S/C17H27NS/c1-4-13(3)19-16-12-8-10-14-9-6-7-11-15(14)17(16)18-5-2/h6-7,9,11,13,16-18H,4-5,8,10,12H2,1-3H3. The molecule has 1 aromatic rings. The average Bonchev–Trinajstić information content (AvgIpc) is 2.60. The number of thioether (sulfide) groups is 1. The third-order valence-corrected chi connectivity index (χ3v) is 5.76. The second-order valence-corrected chi connectivity index (χ2v) is 7.20. The molecule has 3 atom stereocenters. The Morgan fingerprint density at radius 2 is 2.11 bits per heavy atom. The minimum Gasteiger partial charge on any atom is -0.309 e. The lowest BCUT2D eigenvalue weighted by Gasteiger charge is -2.29. The summed E-state index contributed by atoms with van der Waals surface area (Å²) in [5.41, 5.74) is 3.10. The molecule has 0 amide bonds. The summed E-state index contributed by atoms with van der Waals surface area (Å²) in [7, 11) is 0. The molecular weight excluding hydrogens is 250 g/mol. The normalized spacial score (nSPS) is 24.6. The fraction of sp³-hybridized carbons (Fsp3) is 0.647. The fourth-order valence-electron chi connectivity index (χ4n) is 2.93. The van der Waals surface area contributed by atoms with Crippen molar-refractivity contribution >= 4 is 11.8 Å². The molecule has 0 radical (unpaired) electrons. The molecule has 0 heterocycles. The molecule has 0 saturated carbocycles. The van der Waals surface area contributed by atoms with E-state index in [4.69, 9.17) is 0 Å².